The maximum absolute atomic E-state index is 4.32. The summed E-state index contributed by atoms with van der Waals surface area (Å²) in [5, 5.41) is 4.32. The van der Waals surface area contributed by atoms with Crippen LogP contribution < -0.4 is 0 Å². The summed E-state index contributed by atoms with van der Waals surface area (Å²) in [5.74, 6) is 0. The highest BCUT2D eigenvalue weighted by atomic mass is 127. The molecule has 2 aromatic rings. The van der Waals surface area contributed by atoms with Gasteiger partial charge in [0.05, 0.1) is 14.8 Å². The van der Waals surface area contributed by atoms with Crippen molar-refractivity contribution in [1.82, 2.24) is 9.61 Å². The third-order valence-electron chi connectivity index (χ3n) is 1.64. The van der Waals surface area contributed by atoms with E-state index in [2.05, 4.69) is 33.8 Å². The molecular formula is C8H7IN2. The number of hydrogen-bond acceptors (Lipinski definition) is 1. The Morgan fingerprint density at radius 1 is 1.45 bits per heavy atom. The number of pyridine rings is 1. The van der Waals surface area contributed by atoms with Gasteiger partial charge < -0.3 is 0 Å². The van der Waals surface area contributed by atoms with Crippen LogP contribution in [-0.2, 0) is 0 Å². The van der Waals surface area contributed by atoms with Gasteiger partial charge in [-0.2, -0.15) is 5.10 Å². The summed E-state index contributed by atoms with van der Waals surface area (Å²) in [6.45, 7) is 2.02. The second kappa shape index (κ2) is 2.48. The van der Waals surface area contributed by atoms with Crippen LogP contribution in [0.1, 0.15) is 5.69 Å². The Balaban J connectivity index is 2.92. The molecule has 0 aliphatic heterocycles. The molecule has 0 fully saturated rings. The van der Waals surface area contributed by atoms with Crippen molar-refractivity contribution in [2.45, 2.75) is 6.92 Å². The first-order valence-corrected chi connectivity index (χ1v) is 4.46. The number of nitrogens with zero attached hydrogens (tertiary/aromatic N) is 2. The predicted octanol–water partition coefficient (Wildman–Crippen LogP) is 2.25. The number of hydrogen-bond donors (Lipinski definition) is 0. The van der Waals surface area contributed by atoms with Crippen LogP contribution in [-0.4, -0.2) is 9.61 Å². The summed E-state index contributed by atoms with van der Waals surface area (Å²) >= 11 is 2.31. The molecule has 0 radical (unpaired) electrons. The zero-order valence-corrected chi connectivity index (χ0v) is 8.24. The van der Waals surface area contributed by atoms with Crippen LogP contribution >= 0.6 is 22.6 Å². The van der Waals surface area contributed by atoms with E-state index in [9.17, 15) is 0 Å². The molecule has 56 valence electrons. The molecule has 2 rings (SSSR count). The lowest BCUT2D eigenvalue weighted by Gasteiger charge is -1.88. The van der Waals surface area contributed by atoms with Crippen LogP contribution in [0.5, 0.6) is 0 Å². The third-order valence-corrected chi connectivity index (χ3v) is 2.97. The first-order valence-electron chi connectivity index (χ1n) is 3.38. The van der Waals surface area contributed by atoms with Crippen molar-refractivity contribution in [3.63, 3.8) is 0 Å². The number of halogens is 1. The van der Waals surface area contributed by atoms with Gasteiger partial charge in [-0.1, -0.05) is 6.07 Å². The summed E-state index contributed by atoms with van der Waals surface area (Å²) in [6, 6.07) is 6.08. The fourth-order valence-corrected chi connectivity index (χ4v) is 1.62. The second-order valence-corrected chi connectivity index (χ2v) is 3.51. The van der Waals surface area contributed by atoms with Crippen molar-refractivity contribution in [3.8, 4) is 0 Å². The van der Waals surface area contributed by atoms with E-state index in [1.165, 1.54) is 9.09 Å². The first-order chi connectivity index (χ1) is 5.29. The zero-order valence-electron chi connectivity index (χ0n) is 6.08. The number of aryl methyl sites for hydroxylation is 1. The third kappa shape index (κ3) is 1.03. The minimum absolute atomic E-state index is 1.09. The topological polar surface area (TPSA) is 17.3 Å². The summed E-state index contributed by atoms with van der Waals surface area (Å²) < 4.78 is 3.14. The van der Waals surface area contributed by atoms with E-state index in [4.69, 9.17) is 0 Å². The summed E-state index contributed by atoms with van der Waals surface area (Å²) in [6.07, 6.45) is 1.96. The van der Waals surface area contributed by atoms with Gasteiger partial charge >= 0.3 is 0 Å². The van der Waals surface area contributed by atoms with Gasteiger partial charge in [-0.15, -0.1) is 0 Å². The van der Waals surface area contributed by atoms with E-state index >= 15 is 0 Å². The molecule has 0 aliphatic rings. The van der Waals surface area contributed by atoms with E-state index in [1.54, 1.807) is 0 Å². The Bertz CT molecular complexity index is 392. The van der Waals surface area contributed by atoms with E-state index in [0.29, 0.717) is 0 Å². The average molecular weight is 258 g/mol. The van der Waals surface area contributed by atoms with Crippen LogP contribution in [0.15, 0.2) is 24.4 Å². The summed E-state index contributed by atoms with van der Waals surface area (Å²) in [5.41, 5.74) is 2.28. The van der Waals surface area contributed by atoms with E-state index in [-0.39, 0.29) is 0 Å². The number of rotatable bonds is 0. The standard InChI is InChI=1S/C8H7IN2/c1-6-8(9)7-4-2-3-5-11(7)10-6/h2-5H,1H3. The summed E-state index contributed by atoms with van der Waals surface area (Å²) in [7, 11) is 0. The molecule has 0 amide bonds. The van der Waals surface area contributed by atoms with Crippen molar-refractivity contribution in [3.05, 3.63) is 33.7 Å². The maximum atomic E-state index is 4.32. The first kappa shape index (κ1) is 7.09. The lowest BCUT2D eigenvalue weighted by molar-refractivity contribution is 0.934. The van der Waals surface area contributed by atoms with Gasteiger partial charge in [0, 0.05) is 6.20 Å². The van der Waals surface area contributed by atoms with Gasteiger partial charge in [0.2, 0.25) is 0 Å². The van der Waals surface area contributed by atoms with Gasteiger partial charge in [-0.3, -0.25) is 0 Å². The van der Waals surface area contributed by atoms with Gasteiger partial charge in [-0.05, 0) is 41.6 Å². The molecule has 0 bridgehead atoms. The Labute approximate surface area is 78.4 Å². The molecule has 2 aromatic heterocycles. The Kier molecular flexibility index (Phi) is 1.60. The smallest absolute Gasteiger partial charge is 0.0798 e. The van der Waals surface area contributed by atoms with E-state index in [1.807, 2.05) is 29.8 Å². The SMILES string of the molecule is Cc1nn2ccccc2c1I. The van der Waals surface area contributed by atoms with Crippen molar-refractivity contribution in [1.29, 1.82) is 0 Å². The van der Waals surface area contributed by atoms with Gasteiger partial charge in [0.1, 0.15) is 0 Å². The molecule has 0 spiro atoms. The molecule has 0 N–H and O–H groups in total. The minimum atomic E-state index is 1.09. The monoisotopic (exact) mass is 258 g/mol. The normalized spacial score (nSPS) is 10.7. The maximum Gasteiger partial charge on any atom is 0.0798 e. The average Bonchev–Trinajstić information content (AvgIpc) is 2.30. The van der Waals surface area contributed by atoms with Crippen molar-refractivity contribution < 1.29 is 0 Å². The quantitative estimate of drug-likeness (QED) is 0.662. The largest absolute Gasteiger partial charge is 0.240 e. The molecule has 0 aliphatic carbocycles. The highest BCUT2D eigenvalue weighted by Gasteiger charge is 2.02. The molecule has 0 atom stereocenters. The number of fused-ring (bicyclic) bond motifs is 1. The van der Waals surface area contributed by atoms with E-state index < -0.39 is 0 Å². The van der Waals surface area contributed by atoms with Crippen LogP contribution in [0.25, 0.3) is 5.52 Å². The van der Waals surface area contributed by atoms with Gasteiger partial charge in [-0.25, -0.2) is 4.52 Å². The predicted molar refractivity (Wildman–Crippen MR) is 52.6 cm³/mol. The fourth-order valence-electron chi connectivity index (χ4n) is 1.09. The van der Waals surface area contributed by atoms with Crippen molar-refractivity contribution in [2.24, 2.45) is 0 Å². The highest BCUT2D eigenvalue weighted by Crippen LogP contribution is 2.16. The highest BCUT2D eigenvalue weighted by molar-refractivity contribution is 14.1. The molecule has 0 saturated heterocycles. The Hall–Kier alpha value is -0.580. The second-order valence-electron chi connectivity index (χ2n) is 2.43. The molecule has 2 nitrogen and oxygen atoms in total. The van der Waals surface area contributed by atoms with Crippen LogP contribution in [0.3, 0.4) is 0 Å². The van der Waals surface area contributed by atoms with Crippen LogP contribution in [0.4, 0.5) is 0 Å². The van der Waals surface area contributed by atoms with Gasteiger partial charge in [0.15, 0.2) is 0 Å². The zero-order chi connectivity index (χ0) is 7.84. The van der Waals surface area contributed by atoms with Crippen molar-refractivity contribution >= 4 is 28.1 Å². The molecule has 0 saturated carbocycles. The molecule has 2 heterocycles. The lowest BCUT2D eigenvalue weighted by Crippen LogP contribution is -1.83. The fraction of sp³-hybridized carbons (Fsp3) is 0.125. The molecule has 3 heteroatoms. The molecule has 0 aromatic carbocycles. The van der Waals surface area contributed by atoms with Gasteiger partial charge in [0.25, 0.3) is 0 Å². The van der Waals surface area contributed by atoms with Crippen molar-refractivity contribution in [2.75, 3.05) is 0 Å². The molecular weight excluding hydrogens is 251 g/mol. The lowest BCUT2D eigenvalue weighted by atomic mass is 10.4. The van der Waals surface area contributed by atoms with Crippen LogP contribution in [0, 0.1) is 10.5 Å². The molecule has 0 unspecified atom stereocenters. The number of aromatic nitrogens is 2. The minimum Gasteiger partial charge on any atom is -0.240 e. The Morgan fingerprint density at radius 2 is 2.27 bits per heavy atom. The molecule has 11 heavy (non-hydrogen) atoms. The van der Waals surface area contributed by atoms with E-state index in [0.717, 1.165) is 5.69 Å². The van der Waals surface area contributed by atoms with Crippen LogP contribution in [0.2, 0.25) is 0 Å². The summed E-state index contributed by atoms with van der Waals surface area (Å²) in [4.78, 5) is 0. The Morgan fingerprint density at radius 3 is 3.00 bits per heavy atom.